The normalized spacial score (nSPS) is 11.0. The molecule has 33 heavy (non-hydrogen) atoms. The highest BCUT2D eigenvalue weighted by atomic mass is 19.1. The van der Waals surface area contributed by atoms with Gasteiger partial charge in [-0.25, -0.2) is 9.07 Å². The SMILES string of the molecule is Cc1ccc(F)cc1-n1nc(-c2ccc(O)cc2)c(-c2ccccc2)c1-c1ccc(O)cc1. The number of hydrogen-bond acceptors (Lipinski definition) is 3. The topological polar surface area (TPSA) is 58.3 Å². The zero-order chi connectivity index (χ0) is 22.9. The largest absolute Gasteiger partial charge is 0.508 e. The third-order valence-corrected chi connectivity index (χ3v) is 5.63. The summed E-state index contributed by atoms with van der Waals surface area (Å²) < 4.78 is 16.1. The molecule has 5 aromatic rings. The van der Waals surface area contributed by atoms with Gasteiger partial charge in [-0.3, -0.25) is 0 Å². The van der Waals surface area contributed by atoms with Gasteiger partial charge in [0, 0.05) is 16.7 Å². The molecule has 0 aliphatic carbocycles. The van der Waals surface area contributed by atoms with Crippen molar-refractivity contribution in [2.45, 2.75) is 6.92 Å². The molecule has 2 N–H and O–H groups in total. The summed E-state index contributed by atoms with van der Waals surface area (Å²) >= 11 is 0. The van der Waals surface area contributed by atoms with Crippen molar-refractivity contribution in [1.82, 2.24) is 9.78 Å². The van der Waals surface area contributed by atoms with E-state index in [0.717, 1.165) is 33.5 Å². The molecule has 0 saturated heterocycles. The molecule has 5 rings (SSSR count). The Morgan fingerprint density at radius 2 is 1.30 bits per heavy atom. The molecule has 0 unspecified atom stereocenters. The molecule has 0 saturated carbocycles. The minimum absolute atomic E-state index is 0.159. The Morgan fingerprint density at radius 1 is 0.697 bits per heavy atom. The fourth-order valence-electron chi connectivity index (χ4n) is 3.99. The van der Waals surface area contributed by atoms with Gasteiger partial charge in [-0.15, -0.1) is 0 Å². The minimum atomic E-state index is -0.352. The molecular weight excluding hydrogens is 415 g/mol. The summed E-state index contributed by atoms with van der Waals surface area (Å²) in [6, 6.07) is 28.3. The highest BCUT2D eigenvalue weighted by Crippen LogP contribution is 2.42. The summed E-state index contributed by atoms with van der Waals surface area (Å²) in [4.78, 5) is 0. The summed E-state index contributed by atoms with van der Waals surface area (Å²) in [5, 5.41) is 24.6. The number of hydrogen-bond donors (Lipinski definition) is 2. The van der Waals surface area contributed by atoms with Gasteiger partial charge in [0.05, 0.1) is 11.4 Å². The van der Waals surface area contributed by atoms with Crippen LogP contribution in [0.25, 0.3) is 39.3 Å². The van der Waals surface area contributed by atoms with Crippen molar-refractivity contribution in [2.24, 2.45) is 0 Å². The van der Waals surface area contributed by atoms with E-state index in [1.807, 2.05) is 61.5 Å². The molecule has 0 aliphatic rings. The van der Waals surface area contributed by atoms with Gasteiger partial charge in [-0.05, 0) is 78.7 Å². The molecular formula is C28H21FN2O2. The van der Waals surface area contributed by atoms with Crippen LogP contribution in [0.4, 0.5) is 4.39 Å². The van der Waals surface area contributed by atoms with E-state index >= 15 is 0 Å². The predicted octanol–water partition coefficient (Wildman–Crippen LogP) is 6.73. The van der Waals surface area contributed by atoms with Crippen LogP contribution in [0.1, 0.15) is 5.56 Å². The Hall–Kier alpha value is -4.38. The van der Waals surface area contributed by atoms with Crippen molar-refractivity contribution in [1.29, 1.82) is 0 Å². The van der Waals surface area contributed by atoms with Crippen LogP contribution in [0, 0.1) is 12.7 Å². The molecule has 0 bridgehead atoms. The van der Waals surface area contributed by atoms with E-state index in [0.29, 0.717) is 11.4 Å². The summed E-state index contributed by atoms with van der Waals surface area (Å²) in [6.07, 6.45) is 0. The van der Waals surface area contributed by atoms with Crippen molar-refractivity contribution >= 4 is 0 Å². The van der Waals surface area contributed by atoms with E-state index in [1.165, 1.54) is 12.1 Å². The summed E-state index contributed by atoms with van der Waals surface area (Å²) in [6.45, 7) is 1.92. The molecule has 1 heterocycles. The van der Waals surface area contributed by atoms with Crippen LogP contribution in [0.15, 0.2) is 97.1 Å². The van der Waals surface area contributed by atoms with E-state index in [-0.39, 0.29) is 17.3 Å². The number of aromatic nitrogens is 2. The number of nitrogens with zero attached hydrogens (tertiary/aromatic N) is 2. The number of phenolic OH excluding ortho intramolecular Hbond substituents is 2. The Kier molecular flexibility index (Phi) is 5.15. The first kappa shape index (κ1) is 20.5. The molecule has 0 fully saturated rings. The lowest BCUT2D eigenvalue weighted by Gasteiger charge is -2.13. The van der Waals surface area contributed by atoms with Crippen molar-refractivity contribution in [3.05, 3.63) is 108 Å². The van der Waals surface area contributed by atoms with Crippen LogP contribution in [0.5, 0.6) is 11.5 Å². The maximum atomic E-state index is 14.3. The monoisotopic (exact) mass is 436 g/mol. The average Bonchev–Trinajstić information content (AvgIpc) is 3.22. The van der Waals surface area contributed by atoms with Crippen molar-refractivity contribution in [3.8, 4) is 50.8 Å². The number of rotatable bonds is 4. The summed E-state index contributed by atoms with van der Waals surface area (Å²) in [5.41, 5.74) is 6.44. The maximum Gasteiger partial charge on any atom is 0.125 e. The number of halogens is 1. The smallest absolute Gasteiger partial charge is 0.125 e. The highest BCUT2D eigenvalue weighted by Gasteiger charge is 2.24. The zero-order valence-corrected chi connectivity index (χ0v) is 17.9. The Labute approximate surface area is 190 Å². The van der Waals surface area contributed by atoms with Crippen LogP contribution in [-0.4, -0.2) is 20.0 Å². The van der Waals surface area contributed by atoms with Gasteiger partial charge in [0.15, 0.2) is 0 Å². The molecule has 4 nitrogen and oxygen atoms in total. The van der Waals surface area contributed by atoms with Crippen LogP contribution in [0.2, 0.25) is 0 Å². The van der Waals surface area contributed by atoms with Gasteiger partial charge in [-0.1, -0.05) is 36.4 Å². The molecule has 162 valence electrons. The first-order valence-electron chi connectivity index (χ1n) is 10.5. The quantitative estimate of drug-likeness (QED) is 0.328. The van der Waals surface area contributed by atoms with E-state index in [1.54, 1.807) is 35.0 Å². The van der Waals surface area contributed by atoms with Crippen LogP contribution < -0.4 is 0 Å². The lowest BCUT2D eigenvalue weighted by atomic mass is 9.95. The first-order chi connectivity index (χ1) is 16.0. The number of benzene rings is 4. The average molecular weight is 436 g/mol. The van der Waals surface area contributed by atoms with Gasteiger partial charge in [-0.2, -0.15) is 5.10 Å². The first-order valence-corrected chi connectivity index (χ1v) is 10.5. The highest BCUT2D eigenvalue weighted by molar-refractivity contribution is 5.92. The van der Waals surface area contributed by atoms with Gasteiger partial charge in [0.1, 0.15) is 23.0 Å². The van der Waals surface area contributed by atoms with Gasteiger partial charge >= 0.3 is 0 Å². The third-order valence-electron chi connectivity index (χ3n) is 5.63. The van der Waals surface area contributed by atoms with Crippen LogP contribution in [-0.2, 0) is 0 Å². The lowest BCUT2D eigenvalue weighted by Crippen LogP contribution is -2.02. The second kappa shape index (κ2) is 8.28. The van der Waals surface area contributed by atoms with Crippen molar-refractivity contribution in [3.63, 3.8) is 0 Å². The van der Waals surface area contributed by atoms with Gasteiger partial charge < -0.3 is 10.2 Å². The Morgan fingerprint density at radius 3 is 1.94 bits per heavy atom. The zero-order valence-electron chi connectivity index (χ0n) is 17.9. The second-order valence-electron chi connectivity index (χ2n) is 7.87. The molecule has 0 spiro atoms. The number of phenols is 2. The fourth-order valence-corrected chi connectivity index (χ4v) is 3.99. The summed E-state index contributed by atoms with van der Waals surface area (Å²) in [7, 11) is 0. The number of aromatic hydroxyl groups is 2. The Balaban J connectivity index is 1.90. The lowest BCUT2D eigenvalue weighted by molar-refractivity contribution is 0.475. The van der Waals surface area contributed by atoms with E-state index in [2.05, 4.69) is 0 Å². The second-order valence-corrected chi connectivity index (χ2v) is 7.87. The van der Waals surface area contributed by atoms with Crippen molar-refractivity contribution in [2.75, 3.05) is 0 Å². The van der Waals surface area contributed by atoms with Crippen molar-refractivity contribution < 1.29 is 14.6 Å². The fraction of sp³-hybridized carbons (Fsp3) is 0.0357. The molecule has 0 aliphatic heterocycles. The predicted molar refractivity (Wildman–Crippen MR) is 128 cm³/mol. The molecule has 4 aromatic carbocycles. The van der Waals surface area contributed by atoms with E-state index in [9.17, 15) is 14.6 Å². The molecule has 1 aromatic heterocycles. The molecule has 0 atom stereocenters. The standard InChI is InChI=1S/C28H21FN2O2/c1-18-7-12-22(29)17-25(18)31-28(21-10-15-24(33)16-11-21)26(19-5-3-2-4-6-19)27(30-31)20-8-13-23(32)14-9-20/h2-17,32-33H,1H3. The van der Waals surface area contributed by atoms with Crippen LogP contribution in [0.3, 0.4) is 0 Å². The number of aryl methyl sites for hydroxylation is 1. The minimum Gasteiger partial charge on any atom is -0.508 e. The van der Waals surface area contributed by atoms with Crippen LogP contribution >= 0.6 is 0 Å². The third kappa shape index (κ3) is 3.85. The molecule has 0 amide bonds. The van der Waals surface area contributed by atoms with E-state index in [4.69, 9.17) is 5.10 Å². The summed E-state index contributed by atoms with van der Waals surface area (Å²) in [5.74, 6) is -0.0267. The van der Waals surface area contributed by atoms with E-state index < -0.39 is 0 Å². The van der Waals surface area contributed by atoms with Gasteiger partial charge in [0.25, 0.3) is 0 Å². The maximum absolute atomic E-state index is 14.3. The molecule has 5 heteroatoms. The molecule has 0 radical (unpaired) electrons. The Bertz CT molecular complexity index is 1420. The van der Waals surface area contributed by atoms with Gasteiger partial charge in [0.2, 0.25) is 0 Å².